The van der Waals surface area contributed by atoms with E-state index < -0.39 is 0 Å². The second-order valence-corrected chi connectivity index (χ2v) is 9.46. The summed E-state index contributed by atoms with van der Waals surface area (Å²) in [6, 6.07) is 9.41. The van der Waals surface area contributed by atoms with Crippen LogP contribution >= 0.6 is 11.6 Å². The minimum atomic E-state index is -0.371. The fourth-order valence-corrected chi connectivity index (χ4v) is 4.89. The Labute approximate surface area is 203 Å². The van der Waals surface area contributed by atoms with Crippen LogP contribution in [0.3, 0.4) is 0 Å². The Bertz CT molecular complexity index is 1240. The van der Waals surface area contributed by atoms with Gasteiger partial charge in [0.2, 0.25) is 0 Å². The Morgan fingerprint density at radius 2 is 1.91 bits per heavy atom. The van der Waals surface area contributed by atoms with E-state index in [2.05, 4.69) is 27.2 Å². The van der Waals surface area contributed by atoms with Crippen molar-refractivity contribution in [2.75, 3.05) is 44.0 Å². The van der Waals surface area contributed by atoms with Gasteiger partial charge in [-0.2, -0.15) is 0 Å². The maximum absolute atomic E-state index is 13.2. The normalized spacial score (nSPS) is 18.2. The van der Waals surface area contributed by atoms with Crippen LogP contribution < -0.4 is 15.0 Å². The van der Waals surface area contributed by atoms with Crippen LogP contribution in [0.4, 0.5) is 22.0 Å². The van der Waals surface area contributed by atoms with Crippen LogP contribution in [0.25, 0.3) is 10.9 Å². The Morgan fingerprint density at radius 1 is 1.15 bits per heavy atom. The zero-order valence-corrected chi connectivity index (χ0v) is 20.4. The summed E-state index contributed by atoms with van der Waals surface area (Å²) in [5, 5.41) is 4.81. The van der Waals surface area contributed by atoms with Crippen LogP contribution in [0.5, 0.6) is 5.75 Å². The summed E-state index contributed by atoms with van der Waals surface area (Å²) in [6.07, 6.45) is 3.66. The summed E-state index contributed by atoms with van der Waals surface area (Å²) in [5.41, 5.74) is 2.75. The van der Waals surface area contributed by atoms with Crippen LogP contribution in [-0.2, 0) is 4.74 Å². The Hall–Kier alpha value is -3.10. The molecule has 1 amide bonds. The first kappa shape index (κ1) is 22.7. The van der Waals surface area contributed by atoms with E-state index in [4.69, 9.17) is 21.1 Å². The third-order valence-corrected chi connectivity index (χ3v) is 7.37. The molecule has 3 heterocycles. The van der Waals surface area contributed by atoms with E-state index in [1.165, 1.54) is 6.33 Å². The number of likely N-dealkylation sites (tertiary alicyclic amines) is 1. The maximum atomic E-state index is 13.2. The lowest BCUT2D eigenvalue weighted by molar-refractivity contribution is -0.0445. The molecular weight excluding hydrogens is 454 g/mol. The summed E-state index contributed by atoms with van der Waals surface area (Å²) in [7, 11) is 3.69. The van der Waals surface area contributed by atoms with Gasteiger partial charge in [0.1, 0.15) is 23.5 Å². The van der Waals surface area contributed by atoms with Gasteiger partial charge in [0, 0.05) is 61.1 Å². The highest BCUT2D eigenvalue weighted by Crippen LogP contribution is 2.40. The lowest BCUT2D eigenvalue weighted by atomic mass is 9.87. The standard InChI is InChI=1S/C25H28ClN5O3/c1-16-18(26)5-4-6-19(16)29-23-17-13-21(22(33-3)14-20(17)27-15-28-23)31-12-9-25(34-24(31)32)7-10-30(2)11-8-25/h4-6,13-15H,7-12H2,1-3H3,(H,27,28,29). The van der Waals surface area contributed by atoms with Gasteiger partial charge in [0.15, 0.2) is 0 Å². The first-order valence-electron chi connectivity index (χ1n) is 11.4. The number of amides is 1. The van der Waals surface area contributed by atoms with Gasteiger partial charge in [0.05, 0.1) is 18.3 Å². The lowest BCUT2D eigenvalue weighted by Gasteiger charge is -2.45. The van der Waals surface area contributed by atoms with Gasteiger partial charge >= 0.3 is 6.09 Å². The smallest absolute Gasteiger partial charge is 0.414 e. The molecule has 0 radical (unpaired) electrons. The molecule has 2 fully saturated rings. The Kier molecular flexibility index (Phi) is 5.95. The Morgan fingerprint density at radius 3 is 2.65 bits per heavy atom. The van der Waals surface area contributed by atoms with Crippen LogP contribution in [-0.4, -0.2) is 60.4 Å². The number of ether oxygens (including phenoxy) is 2. The largest absolute Gasteiger partial charge is 0.494 e. The monoisotopic (exact) mass is 481 g/mol. The minimum Gasteiger partial charge on any atom is -0.494 e. The molecule has 0 unspecified atom stereocenters. The number of rotatable bonds is 4. The van der Waals surface area contributed by atoms with Crippen molar-refractivity contribution >= 4 is 45.8 Å². The Balaban J connectivity index is 1.50. The quantitative estimate of drug-likeness (QED) is 0.551. The molecule has 0 saturated carbocycles. The highest BCUT2D eigenvalue weighted by Gasteiger charge is 2.43. The highest BCUT2D eigenvalue weighted by molar-refractivity contribution is 6.31. The predicted octanol–water partition coefficient (Wildman–Crippen LogP) is 5.15. The molecule has 34 heavy (non-hydrogen) atoms. The van der Waals surface area contributed by atoms with Crippen molar-refractivity contribution in [2.45, 2.75) is 31.8 Å². The van der Waals surface area contributed by atoms with E-state index in [0.717, 1.165) is 49.0 Å². The SMILES string of the molecule is COc1cc2ncnc(Nc3cccc(Cl)c3C)c2cc1N1CCC2(CCN(C)CC2)OC1=O. The lowest BCUT2D eigenvalue weighted by Crippen LogP contribution is -2.54. The zero-order chi connectivity index (χ0) is 23.9. The summed E-state index contributed by atoms with van der Waals surface area (Å²) in [4.78, 5) is 26.0. The number of anilines is 3. The molecule has 0 aliphatic carbocycles. The molecule has 5 rings (SSSR count). The number of benzene rings is 2. The number of carbonyl (C=O) groups is 1. The average Bonchev–Trinajstić information content (AvgIpc) is 2.84. The molecule has 8 nitrogen and oxygen atoms in total. The molecule has 1 aromatic heterocycles. The molecule has 3 aromatic rings. The van der Waals surface area contributed by atoms with E-state index in [0.29, 0.717) is 34.3 Å². The number of hydrogen-bond acceptors (Lipinski definition) is 7. The van der Waals surface area contributed by atoms with Crippen molar-refractivity contribution in [2.24, 2.45) is 0 Å². The molecule has 0 bridgehead atoms. The topological polar surface area (TPSA) is 79.8 Å². The van der Waals surface area contributed by atoms with Crippen LogP contribution in [0.15, 0.2) is 36.7 Å². The third kappa shape index (κ3) is 4.12. The summed E-state index contributed by atoms with van der Waals surface area (Å²) in [5.74, 6) is 1.18. The number of aromatic nitrogens is 2. The average molecular weight is 482 g/mol. The molecule has 2 aliphatic rings. The molecule has 1 N–H and O–H groups in total. The third-order valence-electron chi connectivity index (χ3n) is 6.96. The molecule has 2 saturated heterocycles. The van der Waals surface area contributed by atoms with Gasteiger partial charge in [-0.15, -0.1) is 0 Å². The fraction of sp³-hybridized carbons (Fsp3) is 0.400. The van der Waals surface area contributed by atoms with E-state index in [9.17, 15) is 4.79 Å². The van der Waals surface area contributed by atoms with E-state index >= 15 is 0 Å². The number of hydrogen-bond donors (Lipinski definition) is 1. The fourth-order valence-electron chi connectivity index (χ4n) is 4.71. The van der Waals surface area contributed by atoms with Crippen molar-refractivity contribution in [1.29, 1.82) is 0 Å². The van der Waals surface area contributed by atoms with Crippen molar-refractivity contribution in [3.63, 3.8) is 0 Å². The molecular formula is C25H28ClN5O3. The summed E-state index contributed by atoms with van der Waals surface area (Å²) in [6.45, 7) is 4.38. The number of halogens is 1. The zero-order valence-electron chi connectivity index (χ0n) is 19.6. The van der Waals surface area contributed by atoms with Gasteiger partial charge in [-0.3, -0.25) is 4.90 Å². The van der Waals surface area contributed by atoms with Gasteiger partial charge < -0.3 is 19.7 Å². The summed E-state index contributed by atoms with van der Waals surface area (Å²) >= 11 is 6.30. The second-order valence-electron chi connectivity index (χ2n) is 9.06. The molecule has 0 atom stereocenters. The van der Waals surface area contributed by atoms with E-state index in [1.54, 1.807) is 12.0 Å². The molecule has 9 heteroatoms. The van der Waals surface area contributed by atoms with Gasteiger partial charge in [0.25, 0.3) is 0 Å². The highest BCUT2D eigenvalue weighted by atomic mass is 35.5. The van der Waals surface area contributed by atoms with Crippen LogP contribution in [0.1, 0.15) is 24.8 Å². The second kappa shape index (κ2) is 8.92. The number of nitrogens with one attached hydrogen (secondary N) is 1. The first-order chi connectivity index (χ1) is 16.4. The molecule has 178 valence electrons. The minimum absolute atomic E-state index is 0.342. The van der Waals surface area contributed by atoms with E-state index in [1.807, 2.05) is 37.3 Å². The summed E-state index contributed by atoms with van der Waals surface area (Å²) < 4.78 is 11.7. The number of piperidine rings is 1. The van der Waals surface area contributed by atoms with Crippen LogP contribution in [0.2, 0.25) is 5.02 Å². The van der Waals surface area contributed by atoms with Crippen LogP contribution in [0, 0.1) is 6.92 Å². The first-order valence-corrected chi connectivity index (χ1v) is 11.8. The number of nitrogens with zero attached hydrogens (tertiary/aromatic N) is 4. The van der Waals surface area contributed by atoms with Crippen molar-refractivity contribution in [3.05, 3.63) is 47.2 Å². The molecule has 2 aromatic carbocycles. The number of methoxy groups -OCH3 is 1. The van der Waals surface area contributed by atoms with Gasteiger partial charge in [-0.05, 0) is 37.7 Å². The van der Waals surface area contributed by atoms with E-state index in [-0.39, 0.29) is 11.7 Å². The van der Waals surface area contributed by atoms with Gasteiger partial charge in [-0.25, -0.2) is 14.8 Å². The number of carbonyl (C=O) groups excluding carboxylic acids is 1. The molecule has 1 spiro atoms. The van der Waals surface area contributed by atoms with Gasteiger partial charge in [-0.1, -0.05) is 17.7 Å². The molecule has 2 aliphatic heterocycles. The van der Waals surface area contributed by atoms with Crippen molar-refractivity contribution in [3.8, 4) is 5.75 Å². The van der Waals surface area contributed by atoms with Crippen molar-refractivity contribution < 1.29 is 14.3 Å². The van der Waals surface area contributed by atoms with Crippen molar-refractivity contribution in [1.82, 2.24) is 14.9 Å². The number of fused-ring (bicyclic) bond motifs is 1. The predicted molar refractivity (Wildman–Crippen MR) is 133 cm³/mol. The maximum Gasteiger partial charge on any atom is 0.414 e.